The van der Waals surface area contributed by atoms with Gasteiger partial charge in [0.25, 0.3) is 0 Å². The Bertz CT molecular complexity index is 809. The van der Waals surface area contributed by atoms with Crippen molar-refractivity contribution < 1.29 is 14.3 Å². The lowest BCUT2D eigenvalue weighted by molar-refractivity contribution is -0.121. The summed E-state index contributed by atoms with van der Waals surface area (Å²) in [5.41, 5.74) is 3.80. The molecule has 0 bridgehead atoms. The summed E-state index contributed by atoms with van der Waals surface area (Å²) in [5, 5.41) is 2.97. The quantitative estimate of drug-likeness (QED) is 0.769. The molecule has 0 atom stereocenters. The van der Waals surface area contributed by atoms with Crippen molar-refractivity contribution in [2.45, 2.75) is 33.2 Å². The van der Waals surface area contributed by atoms with Crippen LogP contribution < -0.4 is 5.32 Å². The average molecular weight is 380 g/mol. The summed E-state index contributed by atoms with van der Waals surface area (Å²) in [4.78, 5) is 26.7. The number of rotatable bonds is 6. The topological polar surface area (TPSA) is 58.6 Å². The van der Waals surface area contributed by atoms with Crippen LogP contribution in [0.3, 0.4) is 0 Å². The Morgan fingerprint density at radius 1 is 1.11 bits per heavy atom. The number of nitrogens with one attached hydrogen (secondary N) is 1. The van der Waals surface area contributed by atoms with E-state index in [-0.39, 0.29) is 17.8 Å². The molecule has 3 rings (SSSR count). The fourth-order valence-electron chi connectivity index (χ4n) is 3.57. The van der Waals surface area contributed by atoms with E-state index < -0.39 is 0 Å². The Morgan fingerprint density at radius 3 is 2.46 bits per heavy atom. The average Bonchev–Trinajstić information content (AvgIpc) is 2.69. The van der Waals surface area contributed by atoms with Crippen LogP contribution in [0.2, 0.25) is 0 Å². The smallest absolute Gasteiger partial charge is 0.338 e. The number of piperidine rings is 1. The Labute approximate surface area is 166 Å². The van der Waals surface area contributed by atoms with E-state index in [0.29, 0.717) is 17.9 Å². The summed E-state index contributed by atoms with van der Waals surface area (Å²) >= 11 is 0. The lowest BCUT2D eigenvalue weighted by atomic mass is 9.95. The summed E-state index contributed by atoms with van der Waals surface area (Å²) in [6, 6.07) is 15.4. The Kier molecular flexibility index (Phi) is 6.82. The van der Waals surface area contributed by atoms with Crippen LogP contribution >= 0.6 is 0 Å². The van der Waals surface area contributed by atoms with Crippen LogP contribution in [0.25, 0.3) is 0 Å². The third-order valence-electron chi connectivity index (χ3n) is 5.11. The predicted molar refractivity (Wildman–Crippen MR) is 110 cm³/mol. The molecule has 2 aromatic rings. The van der Waals surface area contributed by atoms with E-state index in [1.165, 1.54) is 11.1 Å². The molecule has 1 fully saturated rings. The number of aryl methyl sites for hydroxylation is 1. The number of nitrogens with zero attached hydrogens (tertiary/aromatic N) is 1. The summed E-state index contributed by atoms with van der Waals surface area (Å²) in [6.07, 6.45) is 1.72. The predicted octanol–water partition coefficient (Wildman–Crippen LogP) is 4.02. The van der Waals surface area contributed by atoms with Gasteiger partial charge in [-0.25, -0.2) is 4.79 Å². The van der Waals surface area contributed by atoms with Gasteiger partial charge in [-0.05, 0) is 69.6 Å². The number of likely N-dealkylation sites (tertiary alicyclic amines) is 1. The molecule has 0 saturated carbocycles. The molecule has 1 heterocycles. The van der Waals surface area contributed by atoms with Gasteiger partial charge in [0, 0.05) is 18.2 Å². The van der Waals surface area contributed by atoms with Gasteiger partial charge in [0.2, 0.25) is 5.91 Å². The van der Waals surface area contributed by atoms with E-state index in [9.17, 15) is 9.59 Å². The van der Waals surface area contributed by atoms with E-state index in [4.69, 9.17) is 4.74 Å². The normalized spacial score (nSPS) is 15.2. The molecular formula is C23H28N2O3. The van der Waals surface area contributed by atoms with Gasteiger partial charge in [-0.3, -0.25) is 9.69 Å². The molecule has 5 heteroatoms. The van der Waals surface area contributed by atoms with Crippen molar-refractivity contribution >= 4 is 17.6 Å². The van der Waals surface area contributed by atoms with Gasteiger partial charge in [-0.15, -0.1) is 0 Å². The number of esters is 1. The second-order valence-corrected chi connectivity index (χ2v) is 7.33. The molecule has 0 radical (unpaired) electrons. The Hall–Kier alpha value is -2.66. The number of anilines is 1. The monoisotopic (exact) mass is 380 g/mol. The van der Waals surface area contributed by atoms with Crippen LogP contribution in [0.15, 0.2) is 48.5 Å². The minimum absolute atomic E-state index is 0.0264. The van der Waals surface area contributed by atoms with Crippen molar-refractivity contribution in [1.29, 1.82) is 0 Å². The number of hydrogen-bond donors (Lipinski definition) is 1. The van der Waals surface area contributed by atoms with Gasteiger partial charge in [-0.2, -0.15) is 0 Å². The van der Waals surface area contributed by atoms with Crippen molar-refractivity contribution in [2.75, 3.05) is 25.0 Å². The highest BCUT2D eigenvalue weighted by Gasteiger charge is 2.25. The zero-order valence-electron chi connectivity index (χ0n) is 16.6. The van der Waals surface area contributed by atoms with Crippen molar-refractivity contribution in [3.05, 3.63) is 65.2 Å². The molecule has 0 aliphatic carbocycles. The first kappa shape index (κ1) is 20.1. The Balaban J connectivity index is 1.48. The van der Waals surface area contributed by atoms with Crippen molar-refractivity contribution in [2.24, 2.45) is 5.92 Å². The summed E-state index contributed by atoms with van der Waals surface area (Å²) < 4.78 is 4.97. The summed E-state index contributed by atoms with van der Waals surface area (Å²) in [6.45, 7) is 7.02. The lowest BCUT2D eigenvalue weighted by Crippen LogP contribution is -2.37. The molecule has 1 aliphatic rings. The second kappa shape index (κ2) is 9.51. The van der Waals surface area contributed by atoms with E-state index in [2.05, 4.69) is 41.4 Å². The number of hydrogen-bond acceptors (Lipinski definition) is 4. The fraction of sp³-hybridized carbons (Fsp3) is 0.391. The number of ether oxygens (including phenoxy) is 1. The van der Waals surface area contributed by atoms with Crippen LogP contribution in [-0.4, -0.2) is 36.5 Å². The SMILES string of the molecule is CCOC(=O)c1ccc(NC(=O)C2CCN(Cc3cccc(C)c3)CC2)cc1. The van der Waals surface area contributed by atoms with Crippen LogP contribution in [-0.2, 0) is 16.1 Å². The zero-order chi connectivity index (χ0) is 19.9. The first-order valence-corrected chi connectivity index (χ1v) is 9.91. The van der Waals surface area contributed by atoms with Crippen LogP contribution in [0.5, 0.6) is 0 Å². The van der Waals surface area contributed by atoms with E-state index in [1.807, 2.05) is 0 Å². The second-order valence-electron chi connectivity index (χ2n) is 7.33. The molecule has 28 heavy (non-hydrogen) atoms. The van der Waals surface area contributed by atoms with Gasteiger partial charge < -0.3 is 10.1 Å². The molecule has 148 valence electrons. The molecule has 0 spiro atoms. The molecule has 0 unspecified atom stereocenters. The fourth-order valence-corrected chi connectivity index (χ4v) is 3.57. The van der Waals surface area contributed by atoms with Crippen LogP contribution in [0.1, 0.15) is 41.3 Å². The van der Waals surface area contributed by atoms with Crippen molar-refractivity contribution in [3.63, 3.8) is 0 Å². The maximum absolute atomic E-state index is 12.6. The minimum Gasteiger partial charge on any atom is -0.462 e. The highest BCUT2D eigenvalue weighted by atomic mass is 16.5. The van der Waals surface area contributed by atoms with Gasteiger partial charge in [0.15, 0.2) is 0 Å². The molecule has 1 amide bonds. The van der Waals surface area contributed by atoms with Crippen LogP contribution in [0, 0.1) is 12.8 Å². The van der Waals surface area contributed by atoms with E-state index in [1.54, 1.807) is 31.2 Å². The number of carbonyl (C=O) groups is 2. The number of benzene rings is 2. The highest BCUT2D eigenvalue weighted by Crippen LogP contribution is 2.21. The van der Waals surface area contributed by atoms with E-state index in [0.717, 1.165) is 32.5 Å². The first-order valence-electron chi connectivity index (χ1n) is 9.91. The highest BCUT2D eigenvalue weighted by molar-refractivity contribution is 5.94. The molecule has 1 saturated heterocycles. The molecule has 0 aromatic heterocycles. The third kappa shape index (κ3) is 5.42. The van der Waals surface area contributed by atoms with Gasteiger partial charge in [0.1, 0.15) is 0 Å². The lowest BCUT2D eigenvalue weighted by Gasteiger charge is -2.31. The molecule has 1 N–H and O–H groups in total. The minimum atomic E-state index is -0.346. The van der Waals surface area contributed by atoms with Crippen molar-refractivity contribution in [3.8, 4) is 0 Å². The first-order chi connectivity index (χ1) is 13.5. The van der Waals surface area contributed by atoms with E-state index >= 15 is 0 Å². The maximum Gasteiger partial charge on any atom is 0.338 e. The maximum atomic E-state index is 12.6. The molecule has 2 aromatic carbocycles. The third-order valence-corrected chi connectivity index (χ3v) is 5.11. The van der Waals surface area contributed by atoms with Gasteiger partial charge in [0.05, 0.1) is 12.2 Å². The van der Waals surface area contributed by atoms with Gasteiger partial charge >= 0.3 is 5.97 Å². The summed E-state index contributed by atoms with van der Waals surface area (Å²) in [5.74, 6) is -0.265. The molecule has 5 nitrogen and oxygen atoms in total. The zero-order valence-corrected chi connectivity index (χ0v) is 16.6. The summed E-state index contributed by atoms with van der Waals surface area (Å²) in [7, 11) is 0. The van der Waals surface area contributed by atoms with Crippen molar-refractivity contribution in [1.82, 2.24) is 4.90 Å². The number of carbonyl (C=O) groups excluding carboxylic acids is 2. The van der Waals surface area contributed by atoms with Gasteiger partial charge in [-0.1, -0.05) is 29.8 Å². The molecular weight excluding hydrogens is 352 g/mol. The largest absolute Gasteiger partial charge is 0.462 e. The number of amides is 1. The van der Waals surface area contributed by atoms with Crippen LogP contribution in [0.4, 0.5) is 5.69 Å². The standard InChI is InChI=1S/C23H28N2O3/c1-3-28-23(27)20-7-9-21(10-8-20)24-22(26)19-11-13-25(14-12-19)16-18-6-4-5-17(2)15-18/h4-10,15,19H,3,11-14,16H2,1-2H3,(H,24,26). The molecule has 1 aliphatic heterocycles. The Morgan fingerprint density at radius 2 is 1.82 bits per heavy atom.